The Hall–Kier alpha value is -2.99. The summed E-state index contributed by atoms with van der Waals surface area (Å²) in [6.07, 6.45) is 10.1. The predicted octanol–water partition coefficient (Wildman–Crippen LogP) is 19.8. The van der Waals surface area contributed by atoms with Crippen molar-refractivity contribution in [3.05, 3.63) is 88.4 Å². The second kappa shape index (κ2) is 103. The average Bonchev–Trinajstić information content (AvgIpc) is 3.83. The van der Waals surface area contributed by atoms with E-state index in [9.17, 15) is 39.3 Å². The van der Waals surface area contributed by atoms with E-state index in [-0.39, 0.29) is 22.3 Å². The van der Waals surface area contributed by atoms with Gasteiger partial charge in [-0.25, -0.2) is 13.2 Å². The molecule has 0 amide bonds. The molecule has 2 aromatic carbocycles. The number of aromatic nitrogens is 1. The molecular formula is C69H146F8N2O13S2. The molecule has 0 radical (unpaired) electrons. The minimum Gasteiger partial charge on any atom is -0.388 e. The van der Waals surface area contributed by atoms with Crippen molar-refractivity contribution in [3.63, 3.8) is 0 Å². The number of halogens is 8. The van der Waals surface area contributed by atoms with E-state index in [1.165, 1.54) is 63.5 Å². The van der Waals surface area contributed by atoms with Crippen LogP contribution in [-0.4, -0.2) is 203 Å². The van der Waals surface area contributed by atoms with Crippen molar-refractivity contribution in [1.29, 1.82) is 0 Å². The zero-order chi connectivity index (χ0) is 74.1. The van der Waals surface area contributed by atoms with Crippen LogP contribution in [0.4, 0.5) is 35.1 Å². The summed E-state index contributed by atoms with van der Waals surface area (Å²) in [4.78, 5) is 8.74. The SMILES string of the molecule is C.C.C.C=S(C)(C)=O.CC(C)(F)F.CC(C)C.CC(C)F.CCCC.CCc1ccccc1.COC.COC(C)C.COC(F)(F)F.COC(F)F.COC1CC1.COCC1CC1.COCCOC.COCOC.COCON(C)C.Cc1ccccc1.Cc1nccs1. The van der Waals surface area contributed by atoms with Crippen LogP contribution in [0.2, 0.25) is 0 Å². The van der Waals surface area contributed by atoms with Crippen molar-refractivity contribution >= 4 is 26.7 Å². The monoisotopic (exact) mass is 1430 g/mol. The first-order chi connectivity index (χ1) is 42.1. The van der Waals surface area contributed by atoms with Gasteiger partial charge in [0.1, 0.15) is 6.79 Å². The van der Waals surface area contributed by atoms with Gasteiger partial charge in [-0.15, -0.1) is 24.5 Å². The van der Waals surface area contributed by atoms with Crippen LogP contribution in [-0.2, 0) is 72.9 Å². The second-order valence-corrected chi connectivity index (χ2v) is 24.2. The third-order valence-electron chi connectivity index (χ3n) is 7.24. The maximum atomic E-state index is 11.0. The summed E-state index contributed by atoms with van der Waals surface area (Å²) in [6, 6.07) is 20.7. The number of rotatable bonds is 15. The quantitative estimate of drug-likeness (QED) is 0.0468. The van der Waals surface area contributed by atoms with Gasteiger partial charge >= 0.3 is 13.0 Å². The van der Waals surface area contributed by atoms with Gasteiger partial charge in [0.25, 0.3) is 0 Å². The molecule has 1 heterocycles. The van der Waals surface area contributed by atoms with E-state index in [0.717, 1.165) is 50.8 Å². The molecule has 94 heavy (non-hydrogen) atoms. The number of nitrogens with zero attached hydrogens (tertiary/aromatic N) is 2. The average molecular weight is 1430 g/mol. The van der Waals surface area contributed by atoms with Gasteiger partial charge in [0.15, 0.2) is 6.79 Å². The molecule has 0 spiro atoms. The van der Waals surface area contributed by atoms with E-state index >= 15 is 0 Å². The predicted molar refractivity (Wildman–Crippen MR) is 390 cm³/mol. The van der Waals surface area contributed by atoms with E-state index in [1.54, 1.807) is 120 Å². The fourth-order valence-corrected chi connectivity index (χ4v) is 3.25. The first-order valence-corrected chi connectivity index (χ1v) is 32.8. The molecule has 2 fully saturated rings. The van der Waals surface area contributed by atoms with Gasteiger partial charge < -0.3 is 47.4 Å². The number of methoxy groups -OCH3 is 11. The normalized spacial score (nSPS) is 10.7. The Balaban J connectivity index is -0.0000000544. The highest BCUT2D eigenvalue weighted by atomic mass is 32.2. The maximum Gasteiger partial charge on any atom is 0.522 e. The van der Waals surface area contributed by atoms with E-state index in [0.29, 0.717) is 46.1 Å². The summed E-state index contributed by atoms with van der Waals surface area (Å²) in [7, 11) is 20.0. The number of unbranched alkanes of at least 4 members (excludes halogenated alkanes) is 1. The zero-order valence-electron chi connectivity index (χ0n) is 62.1. The summed E-state index contributed by atoms with van der Waals surface area (Å²) in [5.74, 6) is 2.56. The Labute approximate surface area is 577 Å². The number of thiazole rings is 1. The van der Waals surface area contributed by atoms with Crippen molar-refractivity contribution in [2.45, 2.75) is 201 Å². The molecule has 3 aromatic rings. The van der Waals surface area contributed by atoms with Crippen LogP contribution in [0.3, 0.4) is 0 Å². The molecule has 0 unspecified atom stereocenters. The van der Waals surface area contributed by atoms with Crippen molar-refractivity contribution < 1.29 is 96.3 Å². The lowest BCUT2D eigenvalue weighted by atomic mass is 10.2. The first-order valence-electron chi connectivity index (χ1n) is 29.4. The van der Waals surface area contributed by atoms with Gasteiger partial charge in [-0.3, -0.25) is 18.8 Å². The molecule has 0 saturated heterocycles. The summed E-state index contributed by atoms with van der Waals surface area (Å²) >= 11 is 1.67. The Morgan fingerprint density at radius 3 is 1.03 bits per heavy atom. The van der Waals surface area contributed by atoms with E-state index < -0.39 is 34.6 Å². The molecule has 0 atom stereocenters. The van der Waals surface area contributed by atoms with Gasteiger partial charge in [-0.2, -0.15) is 13.8 Å². The third-order valence-corrected chi connectivity index (χ3v) is 7.95. The molecule has 5 rings (SSSR count). The van der Waals surface area contributed by atoms with Gasteiger partial charge in [-0.05, 0) is 120 Å². The summed E-state index contributed by atoms with van der Waals surface area (Å²) < 4.78 is 144. The van der Waals surface area contributed by atoms with Crippen LogP contribution in [0.25, 0.3) is 0 Å². The molecule has 2 aliphatic rings. The highest BCUT2D eigenvalue weighted by Gasteiger charge is 2.26. The summed E-state index contributed by atoms with van der Waals surface area (Å²) in [5, 5.41) is 4.69. The van der Waals surface area contributed by atoms with Gasteiger partial charge in [0, 0.05) is 130 Å². The van der Waals surface area contributed by atoms with Crippen molar-refractivity contribution in [1.82, 2.24) is 10.0 Å². The minimum atomic E-state index is -4.46. The largest absolute Gasteiger partial charge is 0.522 e. The number of hydroxylamine groups is 2. The molecule has 0 N–H and O–H groups in total. The smallest absolute Gasteiger partial charge is 0.388 e. The Morgan fingerprint density at radius 2 is 0.947 bits per heavy atom. The molecule has 15 nitrogen and oxygen atoms in total. The minimum absolute atomic E-state index is 0. The molecule has 578 valence electrons. The van der Waals surface area contributed by atoms with Crippen LogP contribution < -0.4 is 0 Å². The zero-order valence-corrected chi connectivity index (χ0v) is 63.8. The lowest BCUT2D eigenvalue weighted by Gasteiger charge is -2.07. The summed E-state index contributed by atoms with van der Waals surface area (Å²) in [6.45, 7) is 26.3. The van der Waals surface area contributed by atoms with Crippen LogP contribution in [0.5, 0.6) is 0 Å². The van der Waals surface area contributed by atoms with Crippen LogP contribution in [0.1, 0.15) is 160 Å². The Bertz CT molecular complexity index is 1680. The molecule has 0 aliphatic heterocycles. The fourth-order valence-electron chi connectivity index (χ4n) is 2.81. The van der Waals surface area contributed by atoms with Gasteiger partial charge in [-0.1, -0.05) is 143 Å². The van der Waals surface area contributed by atoms with Crippen LogP contribution in [0, 0.1) is 25.7 Å². The number of ether oxygens (including phenoxy) is 11. The molecule has 2 saturated carbocycles. The van der Waals surface area contributed by atoms with Crippen LogP contribution >= 0.6 is 11.3 Å². The van der Waals surface area contributed by atoms with Crippen molar-refractivity contribution in [2.75, 3.05) is 145 Å². The molecule has 2 aliphatic carbocycles. The van der Waals surface area contributed by atoms with Crippen LogP contribution in [0.15, 0.2) is 72.2 Å². The lowest BCUT2D eigenvalue weighted by molar-refractivity contribution is -0.311. The molecular weight excluding hydrogens is 1280 g/mol. The second-order valence-electron chi connectivity index (χ2n) is 20.3. The van der Waals surface area contributed by atoms with E-state index in [1.807, 2.05) is 50.4 Å². The number of hydrogen-bond donors (Lipinski definition) is 0. The van der Waals surface area contributed by atoms with Crippen molar-refractivity contribution in [2.24, 2.45) is 11.8 Å². The maximum absolute atomic E-state index is 11.0. The van der Waals surface area contributed by atoms with Crippen molar-refractivity contribution in [3.8, 4) is 0 Å². The first kappa shape index (κ1) is 128. The van der Waals surface area contributed by atoms with Gasteiger partial charge in [0.05, 0.1) is 36.6 Å². The van der Waals surface area contributed by atoms with Gasteiger partial charge in [0.2, 0.25) is 5.92 Å². The Morgan fingerprint density at radius 1 is 0.628 bits per heavy atom. The number of benzene rings is 2. The topological polar surface area (TPSA) is 144 Å². The number of aryl methyl sites for hydroxylation is 3. The molecule has 0 bridgehead atoms. The third kappa shape index (κ3) is 276. The Kier molecular flexibility index (Phi) is 141. The number of alkyl halides is 8. The standard InChI is InChI=1S/C8H10.C7H8.C5H10O.C4H11NO2.C4H5NS.C4H10O2.C4H8O.C4H10O.2C4H10.C3H6F2.C3H7F.C3H8O2.C3H8OS.C2H3F3O.C2H4F2O.C2H6O.3CH4/c1-2-8-6-4-3-5-7-8;1-7-5-3-2-4-6-7;1-6-4-5-2-3-5;1-5(2)7-4-6-3;1-4-5-2-3-6-4;1-5-3-4-6-2;1-5-4-2-3-4;1-4(2)5-3;1-4(2)3;1-3-4-2;1-3(2,4)5;1-3(2)4;1-4-3-5-2;1-5(2,3)4;1-6-2(3,4)5;1-5-2(3)4;1-3-2;;;/h3-7H,2H2,1H3;2-6H,1H3;5H,2-4H2,1H3;4H2,1-3H3;2-3H,1H3;3-4H2,1-2H3;4H,2-3H2,1H3;4H,1-3H3;4H,1-3H3;3-4H2,1-2H3;1-2H3;3H,1-2H3;3H2,1-2H3;1H2,2-3H3;1H3;2H,1H3;1-2H3;3*1H4. The highest BCUT2D eigenvalue weighted by molar-refractivity contribution is 7.98. The van der Waals surface area contributed by atoms with E-state index in [4.69, 9.17) is 19.0 Å². The number of hydrogen-bond acceptors (Lipinski definition) is 16. The van der Waals surface area contributed by atoms with E-state index in [2.05, 4.69) is 134 Å². The summed E-state index contributed by atoms with van der Waals surface area (Å²) in [5.41, 5.74) is 2.73. The fraction of sp³-hybridized carbons (Fsp3) is 0.768. The highest BCUT2D eigenvalue weighted by Crippen LogP contribution is 2.28. The lowest BCUT2D eigenvalue weighted by Crippen LogP contribution is -2.13. The molecule has 1 aromatic heterocycles. The molecule has 25 heteroatoms.